The van der Waals surface area contributed by atoms with Crippen LogP contribution >= 0.6 is 0 Å². The number of aliphatic imine (C=N–C) groups is 1. The number of nitrogens with zero attached hydrogens (tertiary/aromatic N) is 2. The third-order valence-corrected chi connectivity index (χ3v) is 3.48. The number of aryl methyl sites for hydroxylation is 1. The number of hydrogen-bond donors (Lipinski definition) is 1. The first-order chi connectivity index (χ1) is 10.6. The quantitative estimate of drug-likeness (QED) is 0.571. The number of rotatable bonds is 8. The summed E-state index contributed by atoms with van der Waals surface area (Å²) in [5, 5.41) is 2.88. The molecule has 0 bridgehead atoms. The van der Waals surface area contributed by atoms with Crippen molar-refractivity contribution in [3.8, 4) is 0 Å². The van der Waals surface area contributed by atoms with Gasteiger partial charge in [-0.25, -0.2) is 9.59 Å². The van der Waals surface area contributed by atoms with E-state index in [-0.39, 0.29) is 6.03 Å². The second kappa shape index (κ2) is 9.74. The van der Waals surface area contributed by atoms with E-state index in [1.165, 1.54) is 6.08 Å². The van der Waals surface area contributed by atoms with Crippen molar-refractivity contribution < 1.29 is 9.59 Å². The number of isocyanates is 1. The van der Waals surface area contributed by atoms with E-state index in [1.807, 2.05) is 24.0 Å². The molecule has 0 saturated heterocycles. The zero-order valence-electron chi connectivity index (χ0n) is 13.7. The highest BCUT2D eigenvalue weighted by Gasteiger charge is 2.13. The maximum atomic E-state index is 12.4. The van der Waals surface area contributed by atoms with E-state index < -0.39 is 0 Å². The van der Waals surface area contributed by atoms with Gasteiger partial charge in [-0.05, 0) is 37.5 Å². The number of nitrogens with one attached hydrogen (secondary N) is 1. The summed E-state index contributed by atoms with van der Waals surface area (Å²) < 4.78 is 0. The number of unbranched alkanes of at least 4 members (excludes halogenated alkanes) is 2. The lowest BCUT2D eigenvalue weighted by molar-refractivity contribution is 0.210. The van der Waals surface area contributed by atoms with E-state index >= 15 is 0 Å². The highest BCUT2D eigenvalue weighted by Crippen LogP contribution is 2.22. The summed E-state index contributed by atoms with van der Waals surface area (Å²) in [6, 6.07) is 5.23. The third-order valence-electron chi connectivity index (χ3n) is 3.48. The van der Waals surface area contributed by atoms with Crippen LogP contribution in [0.15, 0.2) is 23.2 Å². The Labute approximate surface area is 132 Å². The first-order valence-corrected chi connectivity index (χ1v) is 7.86. The fourth-order valence-corrected chi connectivity index (χ4v) is 2.07. The Bertz CT molecular complexity index is 529. The van der Waals surface area contributed by atoms with Crippen LogP contribution in [0.25, 0.3) is 0 Å². The van der Waals surface area contributed by atoms with Crippen molar-refractivity contribution in [1.29, 1.82) is 0 Å². The fraction of sp³-hybridized carbons (Fsp3) is 0.529. The predicted molar refractivity (Wildman–Crippen MR) is 89.4 cm³/mol. The van der Waals surface area contributed by atoms with E-state index in [1.54, 1.807) is 6.07 Å². The summed E-state index contributed by atoms with van der Waals surface area (Å²) >= 11 is 0. The summed E-state index contributed by atoms with van der Waals surface area (Å²) in [6.07, 6.45) is 5.63. The van der Waals surface area contributed by atoms with Gasteiger partial charge in [-0.1, -0.05) is 32.8 Å². The Morgan fingerprint density at radius 2 is 1.86 bits per heavy atom. The minimum atomic E-state index is -0.105. The molecule has 1 rings (SSSR count). The minimum Gasteiger partial charge on any atom is -0.325 e. The number of carbonyl (C=O) groups is 1. The fourth-order valence-electron chi connectivity index (χ4n) is 2.07. The van der Waals surface area contributed by atoms with Gasteiger partial charge in [0.1, 0.15) is 0 Å². The maximum Gasteiger partial charge on any atom is 0.321 e. The van der Waals surface area contributed by atoms with E-state index in [0.29, 0.717) is 11.4 Å². The molecule has 0 aromatic heterocycles. The molecule has 5 nitrogen and oxygen atoms in total. The number of amides is 2. The Balaban J connectivity index is 2.79. The largest absolute Gasteiger partial charge is 0.325 e. The summed E-state index contributed by atoms with van der Waals surface area (Å²) in [5.74, 6) is 0. The average Bonchev–Trinajstić information content (AvgIpc) is 2.51. The molecule has 5 heteroatoms. The molecule has 22 heavy (non-hydrogen) atoms. The Morgan fingerprint density at radius 3 is 2.41 bits per heavy atom. The molecule has 0 aliphatic rings. The highest BCUT2D eigenvalue weighted by atomic mass is 16.2. The lowest BCUT2D eigenvalue weighted by Gasteiger charge is -2.23. The SMILES string of the molecule is CCCCN(CCCC)C(=O)Nc1ccc(C)c(N=C=O)c1. The van der Waals surface area contributed by atoms with Crippen LogP contribution in [0, 0.1) is 6.92 Å². The Kier molecular flexibility index (Phi) is 7.94. The molecule has 1 aromatic carbocycles. The van der Waals surface area contributed by atoms with E-state index in [9.17, 15) is 9.59 Å². The van der Waals surface area contributed by atoms with Crippen LogP contribution in [-0.2, 0) is 4.79 Å². The highest BCUT2D eigenvalue weighted by molar-refractivity contribution is 5.90. The summed E-state index contributed by atoms with van der Waals surface area (Å²) in [6.45, 7) is 7.59. The van der Waals surface area contributed by atoms with Crippen molar-refractivity contribution >= 4 is 23.5 Å². The second-order valence-electron chi connectivity index (χ2n) is 5.33. The first kappa shape index (κ1) is 17.9. The van der Waals surface area contributed by atoms with Gasteiger partial charge in [-0.15, -0.1) is 0 Å². The predicted octanol–water partition coefficient (Wildman–Crippen LogP) is 4.40. The van der Waals surface area contributed by atoms with Gasteiger partial charge in [0, 0.05) is 18.8 Å². The lowest BCUT2D eigenvalue weighted by atomic mass is 10.2. The molecule has 120 valence electrons. The van der Waals surface area contributed by atoms with Crippen molar-refractivity contribution in [2.75, 3.05) is 18.4 Å². The number of urea groups is 1. The van der Waals surface area contributed by atoms with E-state index in [4.69, 9.17) is 0 Å². The van der Waals surface area contributed by atoms with Crippen LogP contribution < -0.4 is 5.32 Å². The standard InChI is InChI=1S/C17H25N3O2/c1-4-6-10-20(11-7-5-2)17(22)19-15-9-8-14(3)16(12-15)18-13-21/h8-9,12H,4-7,10-11H2,1-3H3,(H,19,22). The summed E-state index contributed by atoms with van der Waals surface area (Å²) in [7, 11) is 0. The molecule has 0 unspecified atom stereocenters. The molecule has 1 N–H and O–H groups in total. The summed E-state index contributed by atoms with van der Waals surface area (Å²) in [5.41, 5.74) is 2.04. The zero-order valence-corrected chi connectivity index (χ0v) is 13.7. The molecule has 0 saturated carbocycles. The van der Waals surface area contributed by atoms with Crippen LogP contribution in [0.2, 0.25) is 0 Å². The maximum absolute atomic E-state index is 12.4. The lowest BCUT2D eigenvalue weighted by Crippen LogP contribution is -2.36. The molecule has 2 amide bonds. The van der Waals surface area contributed by atoms with Crippen LogP contribution in [-0.4, -0.2) is 30.1 Å². The van der Waals surface area contributed by atoms with Crippen molar-refractivity contribution in [3.05, 3.63) is 23.8 Å². The van der Waals surface area contributed by atoms with Crippen molar-refractivity contribution in [2.45, 2.75) is 46.5 Å². The van der Waals surface area contributed by atoms with Crippen LogP contribution in [0.3, 0.4) is 0 Å². The Hall–Kier alpha value is -2.13. The van der Waals surface area contributed by atoms with E-state index in [0.717, 1.165) is 44.3 Å². The van der Waals surface area contributed by atoms with Gasteiger partial charge in [-0.3, -0.25) is 0 Å². The number of benzene rings is 1. The number of anilines is 1. The van der Waals surface area contributed by atoms with Gasteiger partial charge in [0.2, 0.25) is 6.08 Å². The van der Waals surface area contributed by atoms with Gasteiger partial charge >= 0.3 is 6.03 Å². The number of hydrogen-bond acceptors (Lipinski definition) is 3. The molecule has 1 aromatic rings. The first-order valence-electron chi connectivity index (χ1n) is 7.86. The van der Waals surface area contributed by atoms with Gasteiger partial charge in [-0.2, -0.15) is 4.99 Å². The van der Waals surface area contributed by atoms with Crippen molar-refractivity contribution in [3.63, 3.8) is 0 Å². The average molecular weight is 303 g/mol. The van der Waals surface area contributed by atoms with Gasteiger partial charge in [0.15, 0.2) is 0 Å². The second-order valence-corrected chi connectivity index (χ2v) is 5.33. The van der Waals surface area contributed by atoms with Crippen LogP contribution in [0.1, 0.15) is 45.1 Å². The molecule has 0 aliphatic carbocycles. The van der Waals surface area contributed by atoms with Crippen molar-refractivity contribution in [2.24, 2.45) is 4.99 Å². The van der Waals surface area contributed by atoms with Gasteiger partial charge in [0.05, 0.1) is 5.69 Å². The minimum absolute atomic E-state index is 0.105. The monoisotopic (exact) mass is 303 g/mol. The smallest absolute Gasteiger partial charge is 0.321 e. The van der Waals surface area contributed by atoms with Crippen LogP contribution in [0.4, 0.5) is 16.2 Å². The van der Waals surface area contributed by atoms with Gasteiger partial charge < -0.3 is 10.2 Å². The molecular weight excluding hydrogens is 278 g/mol. The molecule has 0 heterocycles. The third kappa shape index (κ3) is 5.70. The van der Waals surface area contributed by atoms with Crippen molar-refractivity contribution in [1.82, 2.24) is 4.90 Å². The molecule has 0 atom stereocenters. The van der Waals surface area contributed by atoms with E-state index in [2.05, 4.69) is 24.2 Å². The summed E-state index contributed by atoms with van der Waals surface area (Å²) in [4.78, 5) is 28.3. The zero-order chi connectivity index (χ0) is 16.4. The van der Waals surface area contributed by atoms with Gasteiger partial charge in [0.25, 0.3) is 0 Å². The topological polar surface area (TPSA) is 61.8 Å². The van der Waals surface area contributed by atoms with Crippen LogP contribution in [0.5, 0.6) is 0 Å². The molecule has 0 aliphatic heterocycles. The molecule has 0 radical (unpaired) electrons. The molecule has 0 spiro atoms. The number of carbonyl (C=O) groups excluding carboxylic acids is 2. The molecule has 0 fully saturated rings. The molecular formula is C17H25N3O2. The normalized spacial score (nSPS) is 9.95. The Morgan fingerprint density at radius 1 is 1.23 bits per heavy atom.